The van der Waals surface area contributed by atoms with Gasteiger partial charge in [-0.2, -0.15) is 0 Å². The highest BCUT2D eigenvalue weighted by molar-refractivity contribution is 6.14. The van der Waals surface area contributed by atoms with Crippen molar-refractivity contribution < 1.29 is 9.59 Å². The summed E-state index contributed by atoms with van der Waals surface area (Å²) in [7, 11) is 0. The summed E-state index contributed by atoms with van der Waals surface area (Å²) >= 11 is 0. The molecule has 16 heavy (non-hydrogen) atoms. The third-order valence-corrected chi connectivity index (χ3v) is 2.25. The molecule has 0 saturated carbocycles. The second-order valence-corrected chi connectivity index (χ2v) is 3.50. The minimum atomic E-state index is -0.232. The number of hydrogen-bond acceptors (Lipinski definition) is 2. The zero-order chi connectivity index (χ0) is 11.4. The van der Waals surface area contributed by atoms with Gasteiger partial charge in [-0.1, -0.05) is 42.5 Å². The summed E-state index contributed by atoms with van der Waals surface area (Å²) in [6.45, 7) is 0. The predicted octanol–water partition coefficient (Wildman–Crippen LogP) is 1.67. The molecule has 1 N–H and O–H groups in total. The first kappa shape index (κ1) is 10.4. The van der Waals surface area contributed by atoms with Crippen molar-refractivity contribution in [2.24, 2.45) is 0 Å². The Labute approximate surface area is 93.5 Å². The van der Waals surface area contributed by atoms with E-state index in [9.17, 15) is 9.59 Å². The van der Waals surface area contributed by atoms with Crippen molar-refractivity contribution in [1.82, 2.24) is 5.32 Å². The summed E-state index contributed by atoms with van der Waals surface area (Å²) in [5, 5.41) is 2.51. The molecule has 0 unspecified atom stereocenters. The highest BCUT2D eigenvalue weighted by atomic mass is 16.2. The molecule has 0 radical (unpaired) electrons. The molecule has 1 heterocycles. The topological polar surface area (TPSA) is 46.2 Å². The number of carbonyl (C=O) groups excluding carboxylic acids is 2. The number of benzene rings is 1. The molecule has 0 bridgehead atoms. The molecular formula is C13H11NO2. The van der Waals surface area contributed by atoms with Gasteiger partial charge in [-0.3, -0.25) is 9.59 Å². The molecule has 3 nitrogen and oxygen atoms in total. The summed E-state index contributed by atoms with van der Waals surface area (Å²) in [5.74, 6) is -0.382. The second-order valence-electron chi connectivity index (χ2n) is 3.50. The minimum Gasteiger partial charge on any atom is -0.323 e. The second kappa shape index (κ2) is 4.57. The van der Waals surface area contributed by atoms with Crippen LogP contribution in [0.3, 0.4) is 0 Å². The SMILES string of the molecule is O=C1CC(=O)/C(=C\C=C\c2ccccc2)N1. The molecule has 1 aromatic carbocycles. The maximum absolute atomic E-state index is 11.2. The summed E-state index contributed by atoms with van der Waals surface area (Å²) < 4.78 is 0. The van der Waals surface area contributed by atoms with Gasteiger partial charge < -0.3 is 5.32 Å². The molecule has 1 saturated heterocycles. The van der Waals surface area contributed by atoms with Crippen LogP contribution in [-0.2, 0) is 9.59 Å². The molecule has 1 fully saturated rings. The van der Waals surface area contributed by atoms with Gasteiger partial charge in [-0.05, 0) is 11.6 Å². The van der Waals surface area contributed by atoms with E-state index in [1.165, 1.54) is 0 Å². The van der Waals surface area contributed by atoms with E-state index in [2.05, 4.69) is 5.32 Å². The Kier molecular flexibility index (Phi) is 2.96. The quantitative estimate of drug-likeness (QED) is 0.600. The van der Waals surface area contributed by atoms with Crippen LogP contribution in [0, 0.1) is 0 Å². The van der Waals surface area contributed by atoms with Crippen LogP contribution in [-0.4, -0.2) is 11.7 Å². The van der Waals surface area contributed by atoms with E-state index in [1.54, 1.807) is 12.2 Å². The lowest BCUT2D eigenvalue weighted by molar-refractivity contribution is -0.121. The number of hydrogen-bond donors (Lipinski definition) is 1. The van der Waals surface area contributed by atoms with Gasteiger partial charge in [0, 0.05) is 0 Å². The lowest BCUT2D eigenvalue weighted by Gasteiger charge is -1.92. The van der Waals surface area contributed by atoms with Crippen molar-refractivity contribution >= 4 is 17.8 Å². The number of allylic oxidation sites excluding steroid dienone is 3. The Morgan fingerprint density at radius 3 is 2.50 bits per heavy atom. The van der Waals surface area contributed by atoms with Gasteiger partial charge >= 0.3 is 0 Å². The van der Waals surface area contributed by atoms with E-state index in [1.807, 2.05) is 36.4 Å². The molecule has 3 heteroatoms. The van der Waals surface area contributed by atoms with E-state index in [-0.39, 0.29) is 18.1 Å². The molecule has 1 amide bonds. The number of amides is 1. The van der Waals surface area contributed by atoms with Gasteiger partial charge in [0.15, 0.2) is 5.78 Å². The molecule has 1 aliphatic rings. The standard InChI is InChI=1S/C13H11NO2/c15-12-9-13(16)14-11(12)8-4-7-10-5-2-1-3-6-10/h1-8H,9H2,(H,14,16)/b7-4+,11-8+. The molecular weight excluding hydrogens is 202 g/mol. The Morgan fingerprint density at radius 2 is 1.88 bits per heavy atom. The van der Waals surface area contributed by atoms with E-state index < -0.39 is 0 Å². The number of Topliss-reactive ketones (excluding diaryl/α,β-unsaturated/α-hetero) is 1. The van der Waals surface area contributed by atoms with Crippen LogP contribution in [0.4, 0.5) is 0 Å². The average Bonchev–Trinajstić information content (AvgIpc) is 2.59. The van der Waals surface area contributed by atoms with Crippen LogP contribution in [0.1, 0.15) is 12.0 Å². The van der Waals surface area contributed by atoms with Gasteiger partial charge in [-0.25, -0.2) is 0 Å². The van der Waals surface area contributed by atoms with Crippen molar-refractivity contribution in [2.75, 3.05) is 0 Å². The summed E-state index contributed by atoms with van der Waals surface area (Å²) in [6, 6.07) is 9.75. The van der Waals surface area contributed by atoms with Crippen LogP contribution in [0.15, 0.2) is 48.2 Å². The third-order valence-electron chi connectivity index (χ3n) is 2.25. The van der Waals surface area contributed by atoms with Gasteiger partial charge in [-0.15, -0.1) is 0 Å². The molecule has 80 valence electrons. The number of carbonyl (C=O) groups is 2. The lowest BCUT2D eigenvalue weighted by atomic mass is 10.2. The van der Waals surface area contributed by atoms with Crippen molar-refractivity contribution in [3.8, 4) is 0 Å². The van der Waals surface area contributed by atoms with E-state index in [4.69, 9.17) is 0 Å². The normalized spacial score (nSPS) is 18.4. The first-order valence-corrected chi connectivity index (χ1v) is 5.02. The van der Waals surface area contributed by atoms with Crippen LogP contribution < -0.4 is 5.32 Å². The Hall–Kier alpha value is -2.16. The summed E-state index contributed by atoms with van der Waals surface area (Å²) in [4.78, 5) is 22.1. The van der Waals surface area contributed by atoms with Crippen LogP contribution in [0.5, 0.6) is 0 Å². The largest absolute Gasteiger partial charge is 0.323 e. The number of nitrogens with one attached hydrogen (secondary N) is 1. The maximum Gasteiger partial charge on any atom is 0.232 e. The average molecular weight is 213 g/mol. The number of ketones is 1. The van der Waals surface area contributed by atoms with E-state index in [0.717, 1.165) is 5.56 Å². The molecule has 1 aliphatic heterocycles. The zero-order valence-corrected chi connectivity index (χ0v) is 8.64. The van der Waals surface area contributed by atoms with Crippen molar-refractivity contribution in [3.05, 3.63) is 53.7 Å². The van der Waals surface area contributed by atoms with Gasteiger partial charge in [0.05, 0.1) is 12.1 Å². The molecule has 2 rings (SSSR count). The lowest BCUT2D eigenvalue weighted by Crippen LogP contribution is -2.12. The van der Waals surface area contributed by atoms with Crippen molar-refractivity contribution in [1.29, 1.82) is 0 Å². The Balaban J connectivity index is 2.07. The van der Waals surface area contributed by atoms with Crippen LogP contribution in [0.25, 0.3) is 6.08 Å². The summed E-state index contributed by atoms with van der Waals surface area (Å²) in [6.07, 6.45) is 5.23. The van der Waals surface area contributed by atoms with Crippen LogP contribution in [0.2, 0.25) is 0 Å². The maximum atomic E-state index is 11.2. The molecule has 0 aliphatic carbocycles. The summed E-state index contributed by atoms with van der Waals surface area (Å²) in [5.41, 5.74) is 1.42. The third kappa shape index (κ3) is 2.45. The van der Waals surface area contributed by atoms with Crippen LogP contribution >= 0.6 is 0 Å². The molecule has 0 atom stereocenters. The highest BCUT2D eigenvalue weighted by Crippen LogP contribution is 2.07. The van der Waals surface area contributed by atoms with Crippen molar-refractivity contribution in [2.45, 2.75) is 6.42 Å². The first-order chi connectivity index (χ1) is 7.75. The Morgan fingerprint density at radius 1 is 1.12 bits per heavy atom. The fourth-order valence-electron chi connectivity index (χ4n) is 1.46. The van der Waals surface area contributed by atoms with Gasteiger partial charge in [0.2, 0.25) is 5.91 Å². The monoisotopic (exact) mass is 213 g/mol. The number of rotatable bonds is 2. The fourth-order valence-corrected chi connectivity index (χ4v) is 1.46. The first-order valence-electron chi connectivity index (χ1n) is 5.02. The fraction of sp³-hybridized carbons (Fsp3) is 0.0769. The van der Waals surface area contributed by atoms with E-state index in [0.29, 0.717) is 5.70 Å². The predicted molar refractivity (Wildman–Crippen MR) is 61.3 cm³/mol. The smallest absolute Gasteiger partial charge is 0.232 e. The molecule has 0 aromatic heterocycles. The van der Waals surface area contributed by atoms with Gasteiger partial charge in [0.25, 0.3) is 0 Å². The molecule has 0 spiro atoms. The Bertz CT molecular complexity index is 472. The van der Waals surface area contributed by atoms with Crippen molar-refractivity contribution in [3.63, 3.8) is 0 Å². The van der Waals surface area contributed by atoms with E-state index >= 15 is 0 Å². The highest BCUT2D eigenvalue weighted by Gasteiger charge is 2.22. The molecule has 1 aromatic rings. The van der Waals surface area contributed by atoms with Gasteiger partial charge in [0.1, 0.15) is 0 Å². The zero-order valence-electron chi connectivity index (χ0n) is 8.64. The minimum absolute atomic E-state index is 0.0367.